The number of amides is 1. The Morgan fingerprint density at radius 2 is 1.96 bits per heavy atom. The fourth-order valence-electron chi connectivity index (χ4n) is 2.72. The Bertz CT molecular complexity index is 903. The van der Waals surface area contributed by atoms with E-state index >= 15 is 0 Å². The molecule has 0 aliphatic heterocycles. The van der Waals surface area contributed by atoms with Gasteiger partial charge in [0.15, 0.2) is 0 Å². The van der Waals surface area contributed by atoms with Gasteiger partial charge in [0.25, 0.3) is 11.5 Å². The van der Waals surface area contributed by atoms with Crippen LogP contribution < -0.4 is 10.9 Å². The maximum Gasteiger partial charge on any atom is 0.260 e. The van der Waals surface area contributed by atoms with Crippen LogP contribution in [-0.2, 0) is 6.42 Å². The van der Waals surface area contributed by atoms with Crippen LogP contribution in [0.2, 0.25) is 0 Å². The molecule has 1 amide bonds. The average molecular weight is 339 g/mol. The maximum atomic E-state index is 13.4. The summed E-state index contributed by atoms with van der Waals surface area (Å²) in [5.74, 6) is -0.721. The Morgan fingerprint density at radius 3 is 2.68 bits per heavy atom. The molecule has 2 N–H and O–H groups in total. The summed E-state index contributed by atoms with van der Waals surface area (Å²) in [6.45, 7) is 0.318. The molecule has 5 nitrogen and oxygen atoms in total. The molecule has 1 atom stereocenters. The molecule has 2 heterocycles. The molecule has 0 spiro atoms. The van der Waals surface area contributed by atoms with Crippen molar-refractivity contribution in [1.29, 1.82) is 0 Å². The van der Waals surface area contributed by atoms with E-state index in [-0.39, 0.29) is 17.4 Å². The summed E-state index contributed by atoms with van der Waals surface area (Å²) < 4.78 is 15.4. The van der Waals surface area contributed by atoms with E-state index in [1.165, 1.54) is 24.4 Å². The molecule has 128 valence electrons. The highest BCUT2D eigenvalue weighted by Crippen LogP contribution is 2.15. The highest BCUT2D eigenvalue weighted by Gasteiger charge is 2.15. The van der Waals surface area contributed by atoms with Gasteiger partial charge in [-0.2, -0.15) is 0 Å². The molecule has 0 radical (unpaired) electrons. The number of hydrogen-bond donors (Lipinski definition) is 2. The molecular formula is C19H18FN3O2. The van der Waals surface area contributed by atoms with Crippen molar-refractivity contribution in [2.75, 3.05) is 6.54 Å². The molecule has 0 saturated heterocycles. The van der Waals surface area contributed by atoms with Gasteiger partial charge in [0.05, 0.1) is 6.04 Å². The molecule has 0 fully saturated rings. The van der Waals surface area contributed by atoms with Gasteiger partial charge in [-0.05, 0) is 48.4 Å². The smallest absolute Gasteiger partial charge is 0.260 e. The van der Waals surface area contributed by atoms with Crippen molar-refractivity contribution in [3.8, 4) is 0 Å². The molecule has 6 heteroatoms. The Labute approximate surface area is 144 Å². The molecule has 0 aliphatic rings. The summed E-state index contributed by atoms with van der Waals surface area (Å²) in [6, 6.07) is 13.2. The topological polar surface area (TPSA) is 66.9 Å². The van der Waals surface area contributed by atoms with E-state index in [0.717, 1.165) is 5.56 Å². The molecule has 0 aliphatic carbocycles. The molecular weight excluding hydrogens is 321 g/mol. The first-order chi connectivity index (χ1) is 12.1. The molecule has 3 aromatic rings. The summed E-state index contributed by atoms with van der Waals surface area (Å²) in [7, 11) is 0. The second-order valence-corrected chi connectivity index (χ2v) is 5.74. The lowest BCUT2D eigenvalue weighted by atomic mass is 10.1. The van der Waals surface area contributed by atoms with Crippen molar-refractivity contribution >= 4 is 5.91 Å². The van der Waals surface area contributed by atoms with Gasteiger partial charge in [0, 0.05) is 25.1 Å². The van der Waals surface area contributed by atoms with Crippen LogP contribution in [0.4, 0.5) is 4.39 Å². The normalized spacial score (nSPS) is 11.9. The Balaban J connectivity index is 1.74. The first-order valence-corrected chi connectivity index (χ1v) is 7.96. The molecule has 0 saturated carbocycles. The minimum Gasteiger partial charge on any atom is -0.350 e. The minimum atomic E-state index is -0.432. The fraction of sp³-hybridized carbons (Fsp3) is 0.158. The van der Waals surface area contributed by atoms with Gasteiger partial charge in [0.2, 0.25) is 0 Å². The third-order valence-corrected chi connectivity index (χ3v) is 3.97. The number of benzene rings is 1. The number of nitrogens with zero attached hydrogens (tertiary/aromatic N) is 1. The van der Waals surface area contributed by atoms with Gasteiger partial charge in [0.1, 0.15) is 11.4 Å². The summed E-state index contributed by atoms with van der Waals surface area (Å²) >= 11 is 0. The van der Waals surface area contributed by atoms with Crippen molar-refractivity contribution in [2.45, 2.75) is 12.5 Å². The summed E-state index contributed by atoms with van der Waals surface area (Å²) in [5, 5.41) is 2.79. The number of hydrogen-bond acceptors (Lipinski definition) is 2. The van der Waals surface area contributed by atoms with Crippen molar-refractivity contribution in [3.63, 3.8) is 0 Å². The van der Waals surface area contributed by atoms with Gasteiger partial charge in [-0.15, -0.1) is 0 Å². The van der Waals surface area contributed by atoms with Crippen LogP contribution in [0.25, 0.3) is 0 Å². The van der Waals surface area contributed by atoms with Crippen LogP contribution in [-0.4, -0.2) is 22.0 Å². The van der Waals surface area contributed by atoms with Crippen LogP contribution in [0.5, 0.6) is 0 Å². The zero-order valence-corrected chi connectivity index (χ0v) is 13.5. The average Bonchev–Trinajstić information content (AvgIpc) is 3.13. The Morgan fingerprint density at radius 1 is 1.16 bits per heavy atom. The highest BCUT2D eigenvalue weighted by molar-refractivity contribution is 5.93. The standard InChI is InChI=1S/C19H18FN3O2/c20-15-6-3-5-14(11-15)12-16(23-9-1-2-10-23)13-22-19(25)17-7-4-8-21-18(17)24/h1-11,16H,12-13H2,(H,21,24)(H,22,25)/t16-/m0/s1. The zero-order valence-electron chi connectivity index (χ0n) is 13.5. The number of aromatic amines is 1. The number of H-pyrrole nitrogens is 1. The van der Waals surface area contributed by atoms with E-state index in [1.807, 2.05) is 35.2 Å². The number of halogens is 1. The third-order valence-electron chi connectivity index (χ3n) is 3.97. The van der Waals surface area contributed by atoms with E-state index in [1.54, 1.807) is 12.1 Å². The van der Waals surface area contributed by atoms with Crippen molar-refractivity contribution in [1.82, 2.24) is 14.9 Å². The van der Waals surface area contributed by atoms with E-state index in [4.69, 9.17) is 0 Å². The molecule has 2 aromatic heterocycles. The fourth-order valence-corrected chi connectivity index (χ4v) is 2.72. The Kier molecular flexibility index (Phi) is 5.09. The number of aromatic nitrogens is 2. The van der Waals surface area contributed by atoms with E-state index in [9.17, 15) is 14.0 Å². The molecule has 1 aromatic carbocycles. The zero-order chi connectivity index (χ0) is 17.6. The second-order valence-electron chi connectivity index (χ2n) is 5.74. The van der Waals surface area contributed by atoms with Gasteiger partial charge in [-0.25, -0.2) is 4.39 Å². The Hall–Kier alpha value is -3.15. The van der Waals surface area contributed by atoms with Crippen LogP contribution in [0, 0.1) is 5.82 Å². The molecule has 0 unspecified atom stereocenters. The summed E-state index contributed by atoms with van der Waals surface area (Å²) in [5.41, 5.74) is 0.479. The van der Waals surface area contributed by atoms with Crippen LogP contribution in [0.1, 0.15) is 22.0 Å². The summed E-state index contributed by atoms with van der Waals surface area (Å²) in [6.07, 6.45) is 5.82. The number of rotatable bonds is 6. The van der Waals surface area contributed by atoms with Gasteiger partial charge < -0.3 is 14.9 Å². The van der Waals surface area contributed by atoms with E-state index < -0.39 is 11.5 Å². The van der Waals surface area contributed by atoms with Gasteiger partial charge in [-0.1, -0.05) is 12.1 Å². The highest BCUT2D eigenvalue weighted by atomic mass is 19.1. The van der Waals surface area contributed by atoms with Gasteiger partial charge >= 0.3 is 0 Å². The first kappa shape index (κ1) is 16.7. The van der Waals surface area contributed by atoms with E-state index in [2.05, 4.69) is 10.3 Å². The number of pyridine rings is 1. The number of carbonyl (C=O) groups is 1. The number of nitrogens with one attached hydrogen (secondary N) is 2. The van der Waals surface area contributed by atoms with Crippen LogP contribution >= 0.6 is 0 Å². The van der Waals surface area contributed by atoms with E-state index in [0.29, 0.717) is 13.0 Å². The summed E-state index contributed by atoms with van der Waals surface area (Å²) in [4.78, 5) is 26.4. The lowest BCUT2D eigenvalue weighted by molar-refractivity contribution is 0.0946. The predicted octanol–water partition coefficient (Wildman–Crippen LogP) is 2.53. The van der Waals surface area contributed by atoms with Crippen molar-refractivity contribution in [3.05, 3.63) is 94.4 Å². The molecule has 25 heavy (non-hydrogen) atoms. The quantitative estimate of drug-likeness (QED) is 0.725. The van der Waals surface area contributed by atoms with Crippen LogP contribution in [0.3, 0.4) is 0 Å². The SMILES string of the molecule is O=C(NC[C@H](Cc1cccc(F)c1)n1cccc1)c1ccc[nH]c1=O. The maximum absolute atomic E-state index is 13.4. The second kappa shape index (κ2) is 7.61. The first-order valence-electron chi connectivity index (χ1n) is 7.96. The largest absolute Gasteiger partial charge is 0.350 e. The molecule has 0 bridgehead atoms. The predicted molar refractivity (Wildman–Crippen MR) is 93.0 cm³/mol. The third kappa shape index (κ3) is 4.23. The van der Waals surface area contributed by atoms with Gasteiger partial charge in [-0.3, -0.25) is 9.59 Å². The lowest BCUT2D eigenvalue weighted by Crippen LogP contribution is -2.34. The van der Waals surface area contributed by atoms with Crippen molar-refractivity contribution in [2.24, 2.45) is 0 Å². The molecule has 3 rings (SSSR count). The number of carbonyl (C=O) groups excluding carboxylic acids is 1. The lowest BCUT2D eigenvalue weighted by Gasteiger charge is -2.20. The van der Waals surface area contributed by atoms with Crippen molar-refractivity contribution < 1.29 is 9.18 Å². The van der Waals surface area contributed by atoms with Crippen LogP contribution in [0.15, 0.2) is 71.9 Å². The monoisotopic (exact) mass is 339 g/mol. The minimum absolute atomic E-state index is 0.0690.